The zero-order valence-corrected chi connectivity index (χ0v) is 11.6. The maximum atomic E-state index is 5.69. The smallest absolute Gasteiger partial charge is 0.0947 e. The van der Waals surface area contributed by atoms with Crippen LogP contribution in [0.1, 0.15) is 11.3 Å². The fourth-order valence-electron chi connectivity index (χ4n) is 2.22. The number of aryl methyl sites for hydroxylation is 1. The van der Waals surface area contributed by atoms with E-state index >= 15 is 0 Å². The van der Waals surface area contributed by atoms with Gasteiger partial charge in [0.2, 0.25) is 0 Å². The summed E-state index contributed by atoms with van der Waals surface area (Å²) in [7, 11) is 1.98. The van der Waals surface area contributed by atoms with Crippen LogP contribution in [-0.4, -0.2) is 14.1 Å². The molecule has 4 nitrogen and oxygen atoms in total. The Labute approximate surface area is 118 Å². The maximum Gasteiger partial charge on any atom is 0.0947 e. The summed E-state index contributed by atoms with van der Waals surface area (Å²) in [6.07, 6.45) is 5.96. The van der Waals surface area contributed by atoms with Crippen LogP contribution in [0.5, 0.6) is 0 Å². The minimum absolute atomic E-state index is 0. The van der Waals surface area contributed by atoms with Gasteiger partial charge in [0, 0.05) is 31.5 Å². The Balaban J connectivity index is 0.00000133. The summed E-state index contributed by atoms with van der Waals surface area (Å²) in [5.74, 6) is 0. The number of benzene rings is 1. The summed E-state index contributed by atoms with van der Waals surface area (Å²) in [6, 6.07) is 8.47. The highest BCUT2D eigenvalue weighted by Gasteiger charge is 2.04. The fraction of sp³-hybridized carbons (Fsp3) is 0.214. The molecule has 0 saturated heterocycles. The van der Waals surface area contributed by atoms with Crippen LogP contribution < -0.4 is 5.73 Å². The van der Waals surface area contributed by atoms with Gasteiger partial charge in [-0.1, -0.05) is 12.1 Å². The maximum absolute atomic E-state index is 5.69. The molecule has 3 aromatic rings. The molecule has 0 atom stereocenters. The second-order valence-corrected chi connectivity index (χ2v) is 4.57. The second kappa shape index (κ2) is 5.47. The van der Waals surface area contributed by atoms with E-state index in [2.05, 4.69) is 40.0 Å². The standard InChI is InChI=1S/C14H16N4.ClH/c1-17-8-13(16-10-17)9-18-5-4-12-3-2-11(7-15)6-14(12)18;/h2-6,8,10H,7,9,15H2,1H3;1H. The average molecular weight is 277 g/mol. The van der Waals surface area contributed by atoms with Crippen LogP contribution in [0.25, 0.3) is 10.9 Å². The third-order valence-corrected chi connectivity index (χ3v) is 3.16. The van der Waals surface area contributed by atoms with Gasteiger partial charge in [0.1, 0.15) is 0 Å². The molecule has 0 saturated carbocycles. The van der Waals surface area contributed by atoms with E-state index in [-0.39, 0.29) is 12.4 Å². The highest BCUT2D eigenvalue weighted by atomic mass is 35.5. The van der Waals surface area contributed by atoms with Crippen LogP contribution >= 0.6 is 12.4 Å². The van der Waals surface area contributed by atoms with Crippen LogP contribution in [0.3, 0.4) is 0 Å². The van der Waals surface area contributed by atoms with E-state index in [4.69, 9.17) is 5.73 Å². The van der Waals surface area contributed by atoms with Gasteiger partial charge in [0.15, 0.2) is 0 Å². The van der Waals surface area contributed by atoms with Crippen LogP contribution in [0.2, 0.25) is 0 Å². The zero-order chi connectivity index (χ0) is 12.5. The number of nitrogens with zero attached hydrogens (tertiary/aromatic N) is 3. The van der Waals surface area contributed by atoms with Crippen molar-refractivity contribution in [3.05, 3.63) is 54.2 Å². The van der Waals surface area contributed by atoms with Gasteiger partial charge in [0.25, 0.3) is 0 Å². The summed E-state index contributed by atoms with van der Waals surface area (Å²) in [6.45, 7) is 1.36. The van der Waals surface area contributed by atoms with E-state index in [0.717, 1.165) is 17.8 Å². The van der Waals surface area contributed by atoms with Crippen molar-refractivity contribution >= 4 is 23.3 Å². The number of hydrogen-bond acceptors (Lipinski definition) is 2. The molecule has 0 fully saturated rings. The molecule has 0 aliphatic rings. The Morgan fingerprint density at radius 1 is 1.26 bits per heavy atom. The molecular formula is C14H17ClN4. The summed E-state index contributed by atoms with van der Waals surface area (Å²) in [4.78, 5) is 4.36. The lowest BCUT2D eigenvalue weighted by Gasteiger charge is -2.04. The molecular weight excluding hydrogens is 260 g/mol. The third-order valence-electron chi connectivity index (χ3n) is 3.16. The van der Waals surface area contributed by atoms with Crippen molar-refractivity contribution in [3.63, 3.8) is 0 Å². The molecule has 2 heterocycles. The molecule has 0 radical (unpaired) electrons. The molecule has 0 aliphatic carbocycles. The lowest BCUT2D eigenvalue weighted by molar-refractivity contribution is 0.811. The summed E-state index contributed by atoms with van der Waals surface area (Å²) < 4.78 is 4.17. The minimum atomic E-state index is 0. The van der Waals surface area contributed by atoms with Gasteiger partial charge in [-0.2, -0.15) is 0 Å². The van der Waals surface area contributed by atoms with Crippen LogP contribution in [0, 0.1) is 0 Å². The van der Waals surface area contributed by atoms with Gasteiger partial charge < -0.3 is 14.9 Å². The topological polar surface area (TPSA) is 48.8 Å². The van der Waals surface area contributed by atoms with Gasteiger partial charge in [-0.05, 0) is 23.1 Å². The molecule has 1 aromatic carbocycles. The normalized spacial score (nSPS) is 10.6. The summed E-state index contributed by atoms with van der Waals surface area (Å²) >= 11 is 0. The minimum Gasteiger partial charge on any atom is -0.341 e. The number of imidazole rings is 1. The second-order valence-electron chi connectivity index (χ2n) is 4.57. The van der Waals surface area contributed by atoms with E-state index in [0.29, 0.717) is 6.54 Å². The quantitative estimate of drug-likeness (QED) is 0.798. The van der Waals surface area contributed by atoms with E-state index in [1.54, 1.807) is 0 Å². The van der Waals surface area contributed by atoms with Crippen molar-refractivity contribution in [3.8, 4) is 0 Å². The number of halogens is 1. The average Bonchev–Trinajstić information content (AvgIpc) is 2.96. The monoisotopic (exact) mass is 276 g/mol. The van der Waals surface area contributed by atoms with E-state index in [9.17, 15) is 0 Å². The molecule has 5 heteroatoms. The Morgan fingerprint density at radius 3 is 2.79 bits per heavy atom. The lowest BCUT2D eigenvalue weighted by atomic mass is 10.1. The van der Waals surface area contributed by atoms with Crippen LogP contribution in [0.15, 0.2) is 43.0 Å². The van der Waals surface area contributed by atoms with E-state index in [1.807, 2.05) is 24.1 Å². The van der Waals surface area contributed by atoms with Crippen molar-refractivity contribution in [2.24, 2.45) is 12.8 Å². The fourth-order valence-corrected chi connectivity index (χ4v) is 2.22. The number of aromatic nitrogens is 3. The van der Waals surface area contributed by atoms with Gasteiger partial charge in [-0.15, -0.1) is 12.4 Å². The Kier molecular flexibility index (Phi) is 3.93. The largest absolute Gasteiger partial charge is 0.341 e. The molecule has 0 bridgehead atoms. The molecule has 2 N–H and O–H groups in total. The molecule has 19 heavy (non-hydrogen) atoms. The van der Waals surface area contributed by atoms with E-state index in [1.165, 1.54) is 10.9 Å². The van der Waals surface area contributed by atoms with Crippen LogP contribution in [0.4, 0.5) is 0 Å². The van der Waals surface area contributed by atoms with E-state index < -0.39 is 0 Å². The molecule has 0 unspecified atom stereocenters. The molecule has 100 valence electrons. The van der Waals surface area contributed by atoms with Crippen LogP contribution in [-0.2, 0) is 20.1 Å². The van der Waals surface area contributed by atoms with Gasteiger partial charge in [0.05, 0.1) is 18.6 Å². The van der Waals surface area contributed by atoms with Gasteiger partial charge in [-0.3, -0.25) is 0 Å². The Morgan fingerprint density at radius 2 is 2.11 bits per heavy atom. The number of hydrogen-bond donors (Lipinski definition) is 1. The van der Waals surface area contributed by atoms with Crippen molar-refractivity contribution < 1.29 is 0 Å². The predicted molar refractivity (Wildman–Crippen MR) is 79.4 cm³/mol. The van der Waals surface area contributed by atoms with Gasteiger partial charge >= 0.3 is 0 Å². The zero-order valence-electron chi connectivity index (χ0n) is 10.8. The first kappa shape index (κ1) is 13.6. The number of rotatable bonds is 3. The lowest BCUT2D eigenvalue weighted by Crippen LogP contribution is -2.00. The SMILES string of the molecule is Cl.Cn1cnc(Cn2ccc3ccc(CN)cc32)c1. The molecule has 2 aromatic heterocycles. The number of nitrogens with two attached hydrogens (primary N) is 1. The summed E-state index contributed by atoms with van der Waals surface area (Å²) in [5.41, 5.74) is 9.12. The molecule has 0 aliphatic heterocycles. The Bertz CT molecular complexity index is 684. The van der Waals surface area contributed by atoms with Crippen molar-refractivity contribution in [2.45, 2.75) is 13.1 Å². The first-order valence-electron chi connectivity index (χ1n) is 6.01. The molecule has 0 spiro atoms. The first-order valence-corrected chi connectivity index (χ1v) is 6.01. The van der Waals surface area contributed by atoms with Crippen molar-refractivity contribution in [1.29, 1.82) is 0 Å². The van der Waals surface area contributed by atoms with Gasteiger partial charge in [-0.25, -0.2) is 4.98 Å². The first-order chi connectivity index (χ1) is 8.76. The molecule has 3 rings (SSSR count). The van der Waals surface area contributed by atoms with Crippen molar-refractivity contribution in [1.82, 2.24) is 14.1 Å². The Hall–Kier alpha value is -1.78. The highest BCUT2D eigenvalue weighted by molar-refractivity contribution is 5.85. The number of fused-ring (bicyclic) bond motifs is 1. The van der Waals surface area contributed by atoms with Crippen molar-refractivity contribution in [2.75, 3.05) is 0 Å². The molecule has 0 amide bonds. The third kappa shape index (κ3) is 2.64. The highest BCUT2D eigenvalue weighted by Crippen LogP contribution is 2.18. The predicted octanol–water partition coefficient (Wildman–Crippen LogP) is 2.30. The summed E-state index contributed by atoms with van der Waals surface area (Å²) in [5, 5.41) is 1.24.